The van der Waals surface area contributed by atoms with E-state index >= 15 is 0 Å². The normalized spacial score (nSPS) is 10.0. The van der Waals surface area contributed by atoms with Crippen LogP contribution in [0.2, 0.25) is 0 Å². The van der Waals surface area contributed by atoms with Crippen LogP contribution in [0.1, 0.15) is 6.92 Å². The van der Waals surface area contributed by atoms with Gasteiger partial charge in [0.2, 0.25) is 5.91 Å². The zero-order valence-electron chi connectivity index (χ0n) is 12.9. The van der Waals surface area contributed by atoms with Crippen LogP contribution in [0.25, 0.3) is 0 Å². The first-order chi connectivity index (χ1) is 11.0. The maximum Gasteiger partial charge on any atom is 0.262 e. The molecule has 1 N–H and O–H groups in total. The fourth-order valence-electron chi connectivity index (χ4n) is 1.83. The molecule has 0 aromatic heterocycles. The topological polar surface area (TPSA) is 58.6 Å². The van der Waals surface area contributed by atoms with Crippen molar-refractivity contribution in [3.63, 3.8) is 0 Å². The molecule has 23 heavy (non-hydrogen) atoms. The summed E-state index contributed by atoms with van der Waals surface area (Å²) in [5.74, 6) is 0.326. The summed E-state index contributed by atoms with van der Waals surface area (Å²) in [6.07, 6.45) is 0. The molecule has 6 heteroatoms. The minimum absolute atomic E-state index is 0.0512. The number of amides is 2. The Labute approximate surface area is 143 Å². The lowest BCUT2D eigenvalue weighted by Crippen LogP contribution is -2.23. The fraction of sp³-hybridized carbons (Fsp3) is 0.176. The monoisotopic (exact) mass is 376 g/mol. The molecule has 2 rings (SSSR count). The van der Waals surface area contributed by atoms with Gasteiger partial charge in [0.15, 0.2) is 6.61 Å². The van der Waals surface area contributed by atoms with Gasteiger partial charge in [-0.25, -0.2) is 0 Å². The van der Waals surface area contributed by atoms with Crippen molar-refractivity contribution in [1.82, 2.24) is 0 Å². The van der Waals surface area contributed by atoms with Crippen LogP contribution in [-0.4, -0.2) is 25.5 Å². The van der Waals surface area contributed by atoms with E-state index in [1.165, 1.54) is 11.8 Å². The predicted octanol–water partition coefficient (Wildman–Crippen LogP) is 3.45. The first-order valence-corrected chi connectivity index (χ1v) is 7.77. The summed E-state index contributed by atoms with van der Waals surface area (Å²) in [6, 6.07) is 14.3. The predicted molar refractivity (Wildman–Crippen MR) is 93.8 cm³/mol. The number of nitrogens with one attached hydrogen (secondary N) is 1. The van der Waals surface area contributed by atoms with E-state index in [4.69, 9.17) is 4.74 Å². The van der Waals surface area contributed by atoms with Crippen molar-refractivity contribution in [2.75, 3.05) is 23.9 Å². The van der Waals surface area contributed by atoms with Gasteiger partial charge in [0.1, 0.15) is 5.75 Å². The molecule has 0 fully saturated rings. The standard InChI is InChI=1S/C17H17BrN2O3/c1-12(21)20(2)15-7-5-14(6-8-15)19-17(22)11-23-16-9-3-13(18)4-10-16/h3-10H,11H2,1-2H3,(H,19,22). The van der Waals surface area contributed by atoms with Crippen molar-refractivity contribution >= 4 is 39.1 Å². The van der Waals surface area contributed by atoms with Gasteiger partial charge in [-0.15, -0.1) is 0 Å². The molecular formula is C17H17BrN2O3. The highest BCUT2D eigenvalue weighted by Gasteiger charge is 2.07. The van der Waals surface area contributed by atoms with Crippen LogP contribution in [0, 0.1) is 0 Å². The van der Waals surface area contributed by atoms with E-state index in [0.29, 0.717) is 11.4 Å². The number of halogens is 1. The molecule has 0 radical (unpaired) electrons. The smallest absolute Gasteiger partial charge is 0.262 e. The third-order valence-electron chi connectivity index (χ3n) is 3.19. The van der Waals surface area contributed by atoms with Gasteiger partial charge in [0, 0.05) is 29.8 Å². The minimum Gasteiger partial charge on any atom is -0.484 e. The Morgan fingerprint density at radius 2 is 1.70 bits per heavy atom. The lowest BCUT2D eigenvalue weighted by Gasteiger charge is -2.15. The molecule has 0 spiro atoms. The second-order valence-corrected chi connectivity index (χ2v) is 5.83. The SMILES string of the molecule is CC(=O)N(C)c1ccc(NC(=O)COc2ccc(Br)cc2)cc1. The van der Waals surface area contributed by atoms with Gasteiger partial charge in [-0.3, -0.25) is 9.59 Å². The van der Waals surface area contributed by atoms with Gasteiger partial charge in [0.05, 0.1) is 0 Å². The average molecular weight is 377 g/mol. The summed E-state index contributed by atoms with van der Waals surface area (Å²) in [5, 5.41) is 2.74. The van der Waals surface area contributed by atoms with E-state index < -0.39 is 0 Å². The number of hydrogen-bond donors (Lipinski definition) is 1. The van der Waals surface area contributed by atoms with Crippen LogP contribution in [0.3, 0.4) is 0 Å². The Bertz CT molecular complexity index is 684. The highest BCUT2D eigenvalue weighted by molar-refractivity contribution is 9.10. The van der Waals surface area contributed by atoms with E-state index in [0.717, 1.165) is 10.2 Å². The third-order valence-corrected chi connectivity index (χ3v) is 3.72. The average Bonchev–Trinajstić information content (AvgIpc) is 2.54. The summed E-state index contributed by atoms with van der Waals surface area (Å²) in [5.41, 5.74) is 1.41. The van der Waals surface area contributed by atoms with Crippen molar-refractivity contribution in [2.24, 2.45) is 0 Å². The maximum atomic E-state index is 11.9. The lowest BCUT2D eigenvalue weighted by molar-refractivity contribution is -0.118. The number of carbonyl (C=O) groups is 2. The molecule has 0 saturated carbocycles. The molecule has 0 heterocycles. The van der Waals surface area contributed by atoms with Crippen LogP contribution >= 0.6 is 15.9 Å². The summed E-state index contributed by atoms with van der Waals surface area (Å²) < 4.78 is 6.35. The van der Waals surface area contributed by atoms with Crippen molar-refractivity contribution in [3.05, 3.63) is 53.0 Å². The Morgan fingerprint density at radius 3 is 2.26 bits per heavy atom. The molecule has 0 aliphatic rings. The van der Waals surface area contributed by atoms with Crippen LogP contribution in [-0.2, 0) is 9.59 Å². The zero-order chi connectivity index (χ0) is 16.8. The number of rotatable bonds is 5. The van der Waals surface area contributed by atoms with E-state index in [1.807, 2.05) is 12.1 Å². The summed E-state index contributed by atoms with van der Waals surface area (Å²) in [6.45, 7) is 1.42. The zero-order valence-corrected chi connectivity index (χ0v) is 14.5. The summed E-state index contributed by atoms with van der Waals surface area (Å²) in [4.78, 5) is 24.7. The summed E-state index contributed by atoms with van der Waals surface area (Å²) in [7, 11) is 1.70. The van der Waals surface area contributed by atoms with Gasteiger partial charge in [-0.05, 0) is 48.5 Å². The molecule has 0 aliphatic carbocycles. The molecule has 120 valence electrons. The van der Waals surface area contributed by atoms with E-state index in [1.54, 1.807) is 43.4 Å². The quantitative estimate of drug-likeness (QED) is 0.869. The number of hydrogen-bond acceptors (Lipinski definition) is 3. The van der Waals surface area contributed by atoms with Crippen LogP contribution in [0.5, 0.6) is 5.75 Å². The molecule has 0 atom stereocenters. The number of ether oxygens (including phenoxy) is 1. The van der Waals surface area contributed by atoms with Gasteiger partial charge < -0.3 is 15.0 Å². The first-order valence-electron chi connectivity index (χ1n) is 6.98. The number of anilines is 2. The second kappa shape index (κ2) is 7.78. The minimum atomic E-state index is -0.249. The Kier molecular flexibility index (Phi) is 5.76. The molecule has 2 aromatic rings. The van der Waals surface area contributed by atoms with Crippen molar-refractivity contribution < 1.29 is 14.3 Å². The maximum absolute atomic E-state index is 11.9. The van der Waals surface area contributed by atoms with Gasteiger partial charge >= 0.3 is 0 Å². The second-order valence-electron chi connectivity index (χ2n) is 4.92. The Morgan fingerprint density at radius 1 is 1.09 bits per heavy atom. The van der Waals surface area contributed by atoms with Crippen LogP contribution in [0.4, 0.5) is 11.4 Å². The highest BCUT2D eigenvalue weighted by atomic mass is 79.9. The third kappa shape index (κ3) is 5.10. The molecule has 0 unspecified atom stereocenters. The largest absolute Gasteiger partial charge is 0.484 e. The Balaban J connectivity index is 1.87. The molecule has 5 nitrogen and oxygen atoms in total. The van der Waals surface area contributed by atoms with Crippen molar-refractivity contribution in [2.45, 2.75) is 6.92 Å². The number of benzene rings is 2. The lowest BCUT2D eigenvalue weighted by atomic mass is 10.2. The molecular weight excluding hydrogens is 360 g/mol. The van der Waals surface area contributed by atoms with Crippen LogP contribution < -0.4 is 15.0 Å². The van der Waals surface area contributed by atoms with Gasteiger partial charge in [-0.2, -0.15) is 0 Å². The van der Waals surface area contributed by atoms with Gasteiger partial charge in [-0.1, -0.05) is 15.9 Å². The summed E-state index contributed by atoms with van der Waals surface area (Å²) >= 11 is 3.34. The van der Waals surface area contributed by atoms with E-state index in [9.17, 15) is 9.59 Å². The Hall–Kier alpha value is -2.34. The van der Waals surface area contributed by atoms with E-state index in [-0.39, 0.29) is 18.4 Å². The molecule has 0 aliphatic heterocycles. The molecule has 2 aromatic carbocycles. The molecule has 2 amide bonds. The molecule has 0 bridgehead atoms. The highest BCUT2D eigenvalue weighted by Crippen LogP contribution is 2.18. The first kappa shape index (κ1) is 17.0. The van der Waals surface area contributed by atoms with Crippen molar-refractivity contribution in [1.29, 1.82) is 0 Å². The molecule has 0 saturated heterocycles. The van der Waals surface area contributed by atoms with Crippen molar-refractivity contribution in [3.8, 4) is 5.75 Å². The van der Waals surface area contributed by atoms with E-state index in [2.05, 4.69) is 21.2 Å². The number of carbonyl (C=O) groups excluding carboxylic acids is 2. The van der Waals surface area contributed by atoms with Crippen LogP contribution in [0.15, 0.2) is 53.0 Å². The fourth-order valence-corrected chi connectivity index (χ4v) is 2.09. The number of nitrogens with zero attached hydrogens (tertiary/aromatic N) is 1. The van der Waals surface area contributed by atoms with Gasteiger partial charge in [0.25, 0.3) is 5.91 Å².